The molecule has 3 heteroatoms. The van der Waals surface area contributed by atoms with Crippen molar-refractivity contribution in [3.8, 4) is 0 Å². The van der Waals surface area contributed by atoms with Crippen LogP contribution in [0.3, 0.4) is 0 Å². The van der Waals surface area contributed by atoms with Crippen molar-refractivity contribution in [2.45, 2.75) is 6.92 Å². The second-order valence-electron chi connectivity index (χ2n) is 2.65. The van der Waals surface area contributed by atoms with Gasteiger partial charge in [0.2, 0.25) is 0 Å². The Morgan fingerprint density at radius 2 is 2.17 bits per heavy atom. The number of fused-ring (bicyclic) bond motifs is 1. The summed E-state index contributed by atoms with van der Waals surface area (Å²) in [5.41, 5.74) is 2.19. The zero-order valence-electron chi connectivity index (χ0n) is 6.58. The van der Waals surface area contributed by atoms with Gasteiger partial charge >= 0.3 is 0 Å². The molecule has 0 amide bonds. The lowest BCUT2D eigenvalue weighted by Gasteiger charge is -1.99. The maximum Gasteiger partial charge on any atom is 0.108 e. The number of aryl methyl sites for hydroxylation is 1. The van der Waals surface area contributed by atoms with Crippen molar-refractivity contribution >= 4 is 26.8 Å². The molecule has 0 aliphatic carbocycles. The Kier molecular flexibility index (Phi) is 1.81. The standard InChI is InChI=1S/C9H7BrN2/c1-6-2-3-11-8-4-9(10)12-5-7(6)8/h2-5H,1H3. The summed E-state index contributed by atoms with van der Waals surface area (Å²) >= 11 is 3.31. The van der Waals surface area contributed by atoms with E-state index in [4.69, 9.17) is 0 Å². The Hall–Kier alpha value is -0.960. The fourth-order valence-electron chi connectivity index (χ4n) is 1.15. The van der Waals surface area contributed by atoms with Gasteiger partial charge in [-0.15, -0.1) is 0 Å². The van der Waals surface area contributed by atoms with Crippen molar-refractivity contribution in [3.05, 3.63) is 34.7 Å². The summed E-state index contributed by atoms with van der Waals surface area (Å²) in [7, 11) is 0. The van der Waals surface area contributed by atoms with E-state index in [0.717, 1.165) is 15.5 Å². The molecule has 0 spiro atoms. The molecule has 0 atom stereocenters. The second-order valence-corrected chi connectivity index (χ2v) is 3.46. The molecule has 0 saturated carbocycles. The van der Waals surface area contributed by atoms with Gasteiger partial charge < -0.3 is 0 Å². The zero-order chi connectivity index (χ0) is 8.55. The molecule has 0 aliphatic rings. The van der Waals surface area contributed by atoms with Crippen LogP contribution in [0.25, 0.3) is 10.9 Å². The summed E-state index contributed by atoms with van der Waals surface area (Å²) in [5.74, 6) is 0. The van der Waals surface area contributed by atoms with E-state index in [0.29, 0.717) is 0 Å². The first-order chi connectivity index (χ1) is 5.77. The first kappa shape index (κ1) is 7.68. The first-order valence-electron chi connectivity index (χ1n) is 3.64. The van der Waals surface area contributed by atoms with Gasteiger partial charge in [0.05, 0.1) is 5.52 Å². The highest BCUT2D eigenvalue weighted by Gasteiger charge is 1.98. The van der Waals surface area contributed by atoms with E-state index in [9.17, 15) is 0 Å². The van der Waals surface area contributed by atoms with Crippen molar-refractivity contribution in [1.29, 1.82) is 0 Å². The van der Waals surface area contributed by atoms with E-state index in [-0.39, 0.29) is 0 Å². The number of pyridine rings is 2. The molecule has 60 valence electrons. The largest absolute Gasteiger partial charge is 0.256 e. The summed E-state index contributed by atoms with van der Waals surface area (Å²) in [6.45, 7) is 2.06. The van der Waals surface area contributed by atoms with Crippen molar-refractivity contribution in [2.24, 2.45) is 0 Å². The molecule has 0 radical (unpaired) electrons. The second kappa shape index (κ2) is 2.83. The molecule has 0 saturated heterocycles. The average Bonchev–Trinajstić information content (AvgIpc) is 2.04. The highest BCUT2D eigenvalue weighted by molar-refractivity contribution is 9.10. The number of nitrogens with zero attached hydrogens (tertiary/aromatic N) is 2. The van der Waals surface area contributed by atoms with E-state index < -0.39 is 0 Å². The third-order valence-electron chi connectivity index (χ3n) is 1.81. The minimum Gasteiger partial charge on any atom is -0.256 e. The molecule has 12 heavy (non-hydrogen) atoms. The van der Waals surface area contributed by atoms with Crippen molar-refractivity contribution in [3.63, 3.8) is 0 Å². The van der Waals surface area contributed by atoms with Crippen molar-refractivity contribution in [2.75, 3.05) is 0 Å². The molecule has 0 N–H and O–H groups in total. The molecule has 2 heterocycles. The van der Waals surface area contributed by atoms with Crippen LogP contribution in [-0.4, -0.2) is 9.97 Å². The van der Waals surface area contributed by atoms with E-state index in [1.807, 2.05) is 24.5 Å². The summed E-state index contributed by atoms with van der Waals surface area (Å²) in [5, 5.41) is 1.11. The van der Waals surface area contributed by atoms with Gasteiger partial charge in [0.1, 0.15) is 4.60 Å². The molecule has 2 aromatic rings. The van der Waals surface area contributed by atoms with Gasteiger partial charge in [0.15, 0.2) is 0 Å². The Balaban J connectivity index is 2.86. The fourth-order valence-corrected chi connectivity index (χ4v) is 1.47. The minimum absolute atomic E-state index is 0.827. The highest BCUT2D eigenvalue weighted by atomic mass is 79.9. The van der Waals surface area contributed by atoms with E-state index in [1.165, 1.54) is 5.56 Å². The quantitative estimate of drug-likeness (QED) is 0.641. The molecule has 0 unspecified atom stereocenters. The van der Waals surface area contributed by atoms with Crippen LogP contribution >= 0.6 is 15.9 Å². The van der Waals surface area contributed by atoms with E-state index in [2.05, 4.69) is 32.8 Å². The molecular weight excluding hydrogens is 216 g/mol. The van der Waals surface area contributed by atoms with Crippen LogP contribution < -0.4 is 0 Å². The van der Waals surface area contributed by atoms with Crippen LogP contribution in [-0.2, 0) is 0 Å². The van der Waals surface area contributed by atoms with Crippen LogP contribution in [0.4, 0.5) is 0 Å². The zero-order valence-corrected chi connectivity index (χ0v) is 8.17. The Morgan fingerprint density at radius 1 is 1.33 bits per heavy atom. The average molecular weight is 223 g/mol. The maximum absolute atomic E-state index is 4.23. The van der Waals surface area contributed by atoms with Gasteiger partial charge in [-0.2, -0.15) is 0 Å². The minimum atomic E-state index is 0.827. The number of hydrogen-bond acceptors (Lipinski definition) is 2. The summed E-state index contributed by atoms with van der Waals surface area (Å²) < 4.78 is 0.827. The molecule has 0 fully saturated rings. The number of halogens is 1. The van der Waals surface area contributed by atoms with Crippen LogP contribution in [0.1, 0.15) is 5.56 Å². The van der Waals surface area contributed by atoms with Crippen LogP contribution in [0.15, 0.2) is 29.1 Å². The summed E-state index contributed by atoms with van der Waals surface area (Å²) in [6.07, 6.45) is 3.64. The van der Waals surface area contributed by atoms with Crippen LogP contribution in [0, 0.1) is 6.92 Å². The van der Waals surface area contributed by atoms with Crippen LogP contribution in [0.5, 0.6) is 0 Å². The van der Waals surface area contributed by atoms with Gasteiger partial charge in [-0.3, -0.25) is 4.98 Å². The summed E-state index contributed by atoms with van der Waals surface area (Å²) in [6, 6.07) is 3.90. The fraction of sp³-hybridized carbons (Fsp3) is 0.111. The Morgan fingerprint density at radius 3 is 3.00 bits per heavy atom. The lowest BCUT2D eigenvalue weighted by Crippen LogP contribution is -1.84. The third-order valence-corrected chi connectivity index (χ3v) is 2.25. The normalized spacial score (nSPS) is 10.5. The van der Waals surface area contributed by atoms with Gasteiger partial charge in [-0.25, -0.2) is 4.98 Å². The molecule has 0 aliphatic heterocycles. The predicted molar refractivity (Wildman–Crippen MR) is 52.0 cm³/mol. The number of hydrogen-bond donors (Lipinski definition) is 0. The Labute approximate surface area is 78.8 Å². The lowest BCUT2D eigenvalue weighted by molar-refractivity contribution is 1.27. The van der Waals surface area contributed by atoms with Gasteiger partial charge in [0, 0.05) is 17.8 Å². The first-order valence-corrected chi connectivity index (χ1v) is 4.43. The van der Waals surface area contributed by atoms with Crippen molar-refractivity contribution < 1.29 is 0 Å². The number of rotatable bonds is 0. The van der Waals surface area contributed by atoms with Crippen molar-refractivity contribution in [1.82, 2.24) is 9.97 Å². The predicted octanol–water partition coefficient (Wildman–Crippen LogP) is 2.70. The maximum atomic E-state index is 4.23. The number of aromatic nitrogens is 2. The molecular formula is C9H7BrN2. The summed E-state index contributed by atoms with van der Waals surface area (Å²) in [4.78, 5) is 8.38. The molecule has 2 nitrogen and oxygen atoms in total. The molecule has 0 aromatic carbocycles. The topological polar surface area (TPSA) is 25.8 Å². The monoisotopic (exact) mass is 222 g/mol. The smallest absolute Gasteiger partial charge is 0.108 e. The third kappa shape index (κ3) is 1.20. The van der Waals surface area contributed by atoms with Gasteiger partial charge in [0.25, 0.3) is 0 Å². The van der Waals surface area contributed by atoms with Gasteiger partial charge in [-0.05, 0) is 40.5 Å². The lowest BCUT2D eigenvalue weighted by atomic mass is 10.2. The highest BCUT2D eigenvalue weighted by Crippen LogP contribution is 2.17. The molecule has 2 rings (SSSR count). The Bertz CT molecular complexity index is 426. The SMILES string of the molecule is Cc1ccnc2cc(Br)ncc12. The molecule has 2 aromatic heterocycles. The van der Waals surface area contributed by atoms with Gasteiger partial charge in [-0.1, -0.05) is 0 Å². The van der Waals surface area contributed by atoms with E-state index in [1.54, 1.807) is 0 Å². The van der Waals surface area contributed by atoms with Crippen LogP contribution in [0.2, 0.25) is 0 Å². The molecule has 0 bridgehead atoms. The van der Waals surface area contributed by atoms with E-state index >= 15 is 0 Å².